The lowest BCUT2D eigenvalue weighted by Crippen LogP contribution is -2.10. The van der Waals surface area contributed by atoms with Gasteiger partial charge in [-0.2, -0.15) is 10.2 Å². The highest BCUT2D eigenvalue weighted by atomic mass is 16.1. The molecular formula is C24H19N5O. The Morgan fingerprint density at radius 3 is 2.80 bits per heavy atom. The number of H-pyrrole nitrogens is 1. The zero-order valence-electron chi connectivity index (χ0n) is 16.1. The summed E-state index contributed by atoms with van der Waals surface area (Å²) in [7, 11) is 0. The molecular weight excluding hydrogens is 374 g/mol. The molecule has 2 N–H and O–H groups in total. The Balaban J connectivity index is 1.39. The molecule has 5 rings (SSSR count). The SMILES string of the molecule is O=C(/C=C/c1ccc2cn[nH]c2c1)Nc1cccc2cnn(Cc3ccccc3)c12. The number of nitrogens with one attached hydrogen (secondary N) is 2. The smallest absolute Gasteiger partial charge is 0.248 e. The van der Waals surface area contributed by atoms with Crippen molar-refractivity contribution in [3.05, 3.63) is 96.3 Å². The standard InChI is InChI=1S/C24H19N5O/c30-23(12-10-17-9-11-19-14-25-28-22(19)13-17)27-21-8-4-7-20-15-26-29(24(20)21)16-18-5-2-1-3-6-18/h1-15H,16H2,(H,25,28)(H,27,30)/b12-10+. The minimum atomic E-state index is -0.195. The van der Waals surface area contributed by atoms with Gasteiger partial charge in [-0.15, -0.1) is 0 Å². The number of anilines is 1. The molecule has 0 aliphatic carbocycles. The zero-order valence-corrected chi connectivity index (χ0v) is 16.1. The molecule has 0 atom stereocenters. The molecule has 6 nitrogen and oxygen atoms in total. The van der Waals surface area contributed by atoms with Gasteiger partial charge in [-0.25, -0.2) is 0 Å². The second-order valence-corrected chi connectivity index (χ2v) is 7.07. The molecule has 0 spiro atoms. The van der Waals surface area contributed by atoms with Gasteiger partial charge in [0.05, 0.1) is 35.7 Å². The number of para-hydroxylation sites is 1. The van der Waals surface area contributed by atoms with Crippen molar-refractivity contribution in [2.24, 2.45) is 0 Å². The number of aromatic nitrogens is 4. The highest BCUT2D eigenvalue weighted by Crippen LogP contribution is 2.24. The predicted molar refractivity (Wildman–Crippen MR) is 119 cm³/mol. The molecule has 1 amide bonds. The molecule has 2 aromatic heterocycles. The van der Waals surface area contributed by atoms with Gasteiger partial charge < -0.3 is 5.32 Å². The lowest BCUT2D eigenvalue weighted by atomic mass is 10.1. The third-order valence-corrected chi connectivity index (χ3v) is 4.99. The van der Waals surface area contributed by atoms with Gasteiger partial charge in [0.15, 0.2) is 0 Å². The summed E-state index contributed by atoms with van der Waals surface area (Å²) in [4.78, 5) is 12.6. The minimum absolute atomic E-state index is 0.195. The van der Waals surface area contributed by atoms with Crippen molar-refractivity contribution in [3.8, 4) is 0 Å². The summed E-state index contributed by atoms with van der Waals surface area (Å²) in [6.45, 7) is 0.636. The maximum absolute atomic E-state index is 12.6. The lowest BCUT2D eigenvalue weighted by Gasteiger charge is -2.09. The molecule has 0 aliphatic heterocycles. The summed E-state index contributed by atoms with van der Waals surface area (Å²) in [6, 6.07) is 21.8. The average molecular weight is 393 g/mol. The Hall–Kier alpha value is -4.19. The van der Waals surface area contributed by atoms with Crippen LogP contribution in [0.25, 0.3) is 27.9 Å². The van der Waals surface area contributed by atoms with Crippen LogP contribution in [0.15, 0.2) is 85.2 Å². The molecule has 30 heavy (non-hydrogen) atoms. The number of fused-ring (bicyclic) bond motifs is 2. The first-order valence-electron chi connectivity index (χ1n) is 9.67. The van der Waals surface area contributed by atoms with E-state index >= 15 is 0 Å². The molecule has 0 saturated heterocycles. The lowest BCUT2D eigenvalue weighted by molar-refractivity contribution is -0.111. The minimum Gasteiger partial charge on any atom is -0.321 e. The van der Waals surface area contributed by atoms with E-state index in [1.807, 2.05) is 65.5 Å². The summed E-state index contributed by atoms with van der Waals surface area (Å²) in [5, 5.41) is 16.5. The van der Waals surface area contributed by atoms with Gasteiger partial charge in [0, 0.05) is 16.8 Å². The van der Waals surface area contributed by atoms with E-state index in [1.165, 1.54) is 6.08 Å². The monoisotopic (exact) mass is 393 g/mol. The summed E-state index contributed by atoms with van der Waals surface area (Å²) in [6.07, 6.45) is 6.92. The number of benzene rings is 3. The molecule has 0 fully saturated rings. The van der Waals surface area contributed by atoms with Gasteiger partial charge in [-0.1, -0.05) is 54.6 Å². The molecule has 0 unspecified atom stereocenters. The summed E-state index contributed by atoms with van der Waals surface area (Å²) in [5.41, 5.74) is 4.65. The van der Waals surface area contributed by atoms with Gasteiger partial charge in [0.1, 0.15) is 0 Å². The zero-order chi connectivity index (χ0) is 20.3. The van der Waals surface area contributed by atoms with Crippen molar-refractivity contribution >= 4 is 39.5 Å². The van der Waals surface area contributed by atoms with Crippen LogP contribution >= 0.6 is 0 Å². The van der Waals surface area contributed by atoms with Crippen molar-refractivity contribution < 1.29 is 4.79 Å². The van der Waals surface area contributed by atoms with E-state index < -0.39 is 0 Å². The number of aromatic amines is 1. The van der Waals surface area contributed by atoms with Crippen LogP contribution in [0.5, 0.6) is 0 Å². The van der Waals surface area contributed by atoms with Crippen LogP contribution < -0.4 is 5.32 Å². The van der Waals surface area contributed by atoms with Gasteiger partial charge in [-0.05, 0) is 29.3 Å². The molecule has 3 aromatic carbocycles. The number of carbonyl (C=O) groups is 1. The normalized spacial score (nSPS) is 11.5. The fourth-order valence-corrected chi connectivity index (χ4v) is 3.52. The third kappa shape index (κ3) is 3.58. The molecule has 5 aromatic rings. The topological polar surface area (TPSA) is 75.6 Å². The Morgan fingerprint density at radius 1 is 1.00 bits per heavy atom. The number of rotatable bonds is 5. The highest BCUT2D eigenvalue weighted by molar-refractivity contribution is 6.06. The van der Waals surface area contributed by atoms with Crippen molar-refractivity contribution in [3.63, 3.8) is 0 Å². The molecule has 0 radical (unpaired) electrons. The van der Waals surface area contributed by atoms with Crippen LogP contribution in [-0.2, 0) is 11.3 Å². The maximum Gasteiger partial charge on any atom is 0.248 e. The van der Waals surface area contributed by atoms with Crippen LogP contribution in [0.3, 0.4) is 0 Å². The Kier molecular flexibility index (Phi) is 4.57. The maximum atomic E-state index is 12.6. The van der Waals surface area contributed by atoms with Crippen LogP contribution in [0, 0.1) is 0 Å². The van der Waals surface area contributed by atoms with E-state index in [2.05, 4.69) is 32.7 Å². The Bertz CT molecular complexity index is 1360. The van der Waals surface area contributed by atoms with E-state index in [4.69, 9.17) is 0 Å². The average Bonchev–Trinajstić information content (AvgIpc) is 3.40. The number of hydrogen-bond acceptors (Lipinski definition) is 3. The second-order valence-electron chi connectivity index (χ2n) is 7.07. The van der Waals surface area contributed by atoms with Crippen LogP contribution in [0.1, 0.15) is 11.1 Å². The molecule has 6 heteroatoms. The third-order valence-electron chi connectivity index (χ3n) is 4.99. The second kappa shape index (κ2) is 7.67. The molecule has 0 aliphatic rings. The van der Waals surface area contributed by atoms with Gasteiger partial charge in [-0.3, -0.25) is 14.6 Å². The molecule has 0 bridgehead atoms. The summed E-state index contributed by atoms with van der Waals surface area (Å²) < 4.78 is 1.91. The summed E-state index contributed by atoms with van der Waals surface area (Å²) in [5.74, 6) is -0.195. The summed E-state index contributed by atoms with van der Waals surface area (Å²) >= 11 is 0. The number of nitrogens with zero attached hydrogens (tertiary/aromatic N) is 3. The first kappa shape index (κ1) is 17.9. The van der Waals surface area contributed by atoms with Gasteiger partial charge in [0.25, 0.3) is 0 Å². The van der Waals surface area contributed by atoms with Crippen molar-refractivity contribution in [1.82, 2.24) is 20.0 Å². The van der Waals surface area contributed by atoms with E-state index in [0.717, 1.165) is 38.6 Å². The number of amides is 1. The molecule has 146 valence electrons. The predicted octanol–water partition coefficient (Wildman–Crippen LogP) is 4.61. The van der Waals surface area contributed by atoms with Crippen molar-refractivity contribution in [2.45, 2.75) is 6.54 Å². The quantitative estimate of drug-likeness (QED) is 0.428. The number of hydrogen-bond donors (Lipinski definition) is 2. The fourth-order valence-electron chi connectivity index (χ4n) is 3.52. The fraction of sp³-hybridized carbons (Fsp3) is 0.0417. The highest BCUT2D eigenvalue weighted by Gasteiger charge is 2.10. The molecule has 2 heterocycles. The first-order valence-corrected chi connectivity index (χ1v) is 9.67. The van der Waals surface area contributed by atoms with E-state index in [0.29, 0.717) is 6.54 Å². The molecule has 0 saturated carbocycles. The largest absolute Gasteiger partial charge is 0.321 e. The van der Waals surface area contributed by atoms with E-state index in [9.17, 15) is 4.79 Å². The van der Waals surface area contributed by atoms with Gasteiger partial charge >= 0.3 is 0 Å². The van der Waals surface area contributed by atoms with Crippen molar-refractivity contribution in [1.29, 1.82) is 0 Å². The van der Waals surface area contributed by atoms with Gasteiger partial charge in [0.2, 0.25) is 5.91 Å². The van der Waals surface area contributed by atoms with E-state index in [1.54, 1.807) is 12.3 Å². The van der Waals surface area contributed by atoms with Crippen LogP contribution in [0.2, 0.25) is 0 Å². The van der Waals surface area contributed by atoms with Crippen LogP contribution in [-0.4, -0.2) is 25.9 Å². The first-order chi connectivity index (χ1) is 14.8. The van der Waals surface area contributed by atoms with Crippen molar-refractivity contribution in [2.75, 3.05) is 5.32 Å². The Labute approximate surface area is 172 Å². The van der Waals surface area contributed by atoms with E-state index in [-0.39, 0.29) is 5.91 Å². The Morgan fingerprint density at radius 2 is 1.90 bits per heavy atom. The van der Waals surface area contributed by atoms with Crippen LogP contribution in [0.4, 0.5) is 5.69 Å². The number of carbonyl (C=O) groups excluding carboxylic acids is 1.